The third kappa shape index (κ3) is 4.48. The molecule has 0 saturated heterocycles. The van der Waals surface area contributed by atoms with Crippen molar-refractivity contribution in [1.29, 1.82) is 0 Å². The van der Waals surface area contributed by atoms with E-state index < -0.39 is 0 Å². The van der Waals surface area contributed by atoms with Crippen LogP contribution in [0.5, 0.6) is 17.2 Å². The monoisotopic (exact) mass is 388 g/mol. The lowest BCUT2D eigenvalue weighted by Gasteiger charge is -2.13. The molecule has 2 aromatic heterocycles. The Morgan fingerprint density at radius 1 is 1.03 bits per heavy atom. The normalized spacial score (nSPS) is 11.0. The van der Waals surface area contributed by atoms with Crippen molar-refractivity contribution >= 4 is 22.5 Å². The molecule has 4 aromatic rings. The van der Waals surface area contributed by atoms with Crippen LogP contribution in [0.25, 0.3) is 11.0 Å². The molecular formula is C23H24N4O2. The van der Waals surface area contributed by atoms with E-state index >= 15 is 0 Å². The van der Waals surface area contributed by atoms with Gasteiger partial charge in [0.1, 0.15) is 29.1 Å². The van der Waals surface area contributed by atoms with Crippen LogP contribution in [-0.2, 0) is 0 Å². The highest BCUT2D eigenvalue weighted by atomic mass is 16.5. The maximum absolute atomic E-state index is 6.08. The average molecular weight is 388 g/mol. The highest BCUT2D eigenvalue weighted by Crippen LogP contribution is 2.31. The smallest absolute Gasteiger partial charge is 0.158 e. The number of nitrogens with one attached hydrogen (secondary N) is 2. The molecule has 0 spiro atoms. The molecule has 0 aliphatic rings. The number of fused-ring (bicyclic) bond motifs is 1. The van der Waals surface area contributed by atoms with Crippen molar-refractivity contribution in [3.05, 3.63) is 66.6 Å². The van der Waals surface area contributed by atoms with Gasteiger partial charge in [-0.25, -0.2) is 9.97 Å². The first-order chi connectivity index (χ1) is 14.1. The van der Waals surface area contributed by atoms with E-state index in [2.05, 4.69) is 34.1 Å². The van der Waals surface area contributed by atoms with Crippen LogP contribution in [0.15, 0.2) is 61.1 Å². The molecule has 0 unspecified atom stereocenters. The highest BCUT2D eigenvalue weighted by Gasteiger charge is 2.08. The summed E-state index contributed by atoms with van der Waals surface area (Å²) in [5, 5.41) is 3.34. The summed E-state index contributed by atoms with van der Waals surface area (Å²) in [4.78, 5) is 11.7. The lowest BCUT2D eigenvalue weighted by atomic mass is 10.2. The van der Waals surface area contributed by atoms with Crippen molar-refractivity contribution in [3.63, 3.8) is 0 Å². The van der Waals surface area contributed by atoms with Gasteiger partial charge in [-0.3, -0.25) is 0 Å². The molecule has 148 valence electrons. The van der Waals surface area contributed by atoms with Gasteiger partial charge < -0.3 is 19.8 Å². The van der Waals surface area contributed by atoms with Crippen LogP contribution in [0.2, 0.25) is 0 Å². The number of nitrogens with zero attached hydrogens (tertiary/aromatic N) is 2. The number of aromatic nitrogens is 3. The van der Waals surface area contributed by atoms with Crippen molar-refractivity contribution in [1.82, 2.24) is 15.0 Å². The largest absolute Gasteiger partial charge is 0.493 e. The fraction of sp³-hybridized carbons (Fsp3) is 0.217. The van der Waals surface area contributed by atoms with Crippen LogP contribution >= 0.6 is 0 Å². The number of aromatic amines is 1. The van der Waals surface area contributed by atoms with Crippen molar-refractivity contribution in [2.75, 3.05) is 11.9 Å². The minimum atomic E-state index is 0.476. The van der Waals surface area contributed by atoms with Gasteiger partial charge in [-0.05, 0) is 54.8 Å². The average Bonchev–Trinajstić information content (AvgIpc) is 3.19. The van der Waals surface area contributed by atoms with E-state index in [0.29, 0.717) is 12.5 Å². The molecule has 0 amide bonds. The Kier molecular flexibility index (Phi) is 5.33. The van der Waals surface area contributed by atoms with Gasteiger partial charge in [0.05, 0.1) is 12.1 Å². The molecule has 2 N–H and O–H groups in total. The Bertz CT molecular complexity index is 1120. The second kappa shape index (κ2) is 8.22. The second-order valence-corrected chi connectivity index (χ2v) is 7.35. The lowest BCUT2D eigenvalue weighted by molar-refractivity contribution is 0.270. The Hall–Kier alpha value is -3.54. The van der Waals surface area contributed by atoms with E-state index in [1.807, 2.05) is 61.7 Å². The fourth-order valence-corrected chi connectivity index (χ4v) is 2.96. The topological polar surface area (TPSA) is 72.1 Å². The number of rotatable bonds is 7. The molecule has 0 atom stereocenters. The van der Waals surface area contributed by atoms with Crippen LogP contribution < -0.4 is 14.8 Å². The summed E-state index contributed by atoms with van der Waals surface area (Å²) in [6.45, 7) is 6.95. The highest BCUT2D eigenvalue weighted by molar-refractivity contribution is 5.87. The number of aryl methyl sites for hydroxylation is 1. The van der Waals surface area contributed by atoms with Crippen LogP contribution in [0.1, 0.15) is 19.4 Å². The van der Waals surface area contributed by atoms with Crippen LogP contribution in [0, 0.1) is 12.8 Å². The summed E-state index contributed by atoms with van der Waals surface area (Å²) < 4.78 is 11.9. The summed E-state index contributed by atoms with van der Waals surface area (Å²) >= 11 is 0. The Balaban J connectivity index is 1.49. The van der Waals surface area contributed by atoms with Crippen molar-refractivity contribution < 1.29 is 9.47 Å². The minimum absolute atomic E-state index is 0.476. The van der Waals surface area contributed by atoms with Gasteiger partial charge in [-0.1, -0.05) is 19.9 Å². The van der Waals surface area contributed by atoms with Crippen LogP contribution in [0.4, 0.5) is 11.5 Å². The summed E-state index contributed by atoms with van der Waals surface area (Å²) in [7, 11) is 0. The van der Waals surface area contributed by atoms with E-state index in [4.69, 9.17) is 9.47 Å². The van der Waals surface area contributed by atoms with E-state index in [-0.39, 0.29) is 0 Å². The zero-order valence-corrected chi connectivity index (χ0v) is 16.8. The van der Waals surface area contributed by atoms with Gasteiger partial charge in [0.15, 0.2) is 5.82 Å². The maximum atomic E-state index is 6.08. The van der Waals surface area contributed by atoms with Gasteiger partial charge in [0.25, 0.3) is 0 Å². The first-order valence-electron chi connectivity index (χ1n) is 9.65. The predicted molar refractivity (Wildman–Crippen MR) is 115 cm³/mol. The molecule has 0 fully saturated rings. The summed E-state index contributed by atoms with van der Waals surface area (Å²) in [5.41, 5.74) is 3.70. The van der Waals surface area contributed by atoms with Gasteiger partial charge in [-0.2, -0.15) is 0 Å². The van der Waals surface area contributed by atoms with Crippen molar-refractivity contribution in [2.45, 2.75) is 20.8 Å². The predicted octanol–water partition coefficient (Wildman–Crippen LogP) is 5.84. The zero-order chi connectivity index (χ0) is 20.2. The quantitative estimate of drug-likeness (QED) is 0.416. The lowest BCUT2D eigenvalue weighted by Crippen LogP contribution is -2.04. The molecule has 0 bridgehead atoms. The number of H-pyrrole nitrogens is 1. The Morgan fingerprint density at radius 3 is 2.72 bits per heavy atom. The molecule has 0 saturated carbocycles. The first kappa shape index (κ1) is 18.8. The molecule has 0 aliphatic carbocycles. The number of anilines is 2. The van der Waals surface area contributed by atoms with Crippen molar-refractivity contribution in [3.8, 4) is 17.2 Å². The summed E-state index contributed by atoms with van der Waals surface area (Å²) in [6, 6.07) is 15.6. The molecule has 4 rings (SSSR count). The Labute approximate surface area is 169 Å². The van der Waals surface area contributed by atoms with Gasteiger partial charge in [0, 0.05) is 18.0 Å². The molecule has 29 heavy (non-hydrogen) atoms. The van der Waals surface area contributed by atoms with Crippen molar-refractivity contribution in [2.24, 2.45) is 5.92 Å². The molecule has 2 aromatic carbocycles. The Morgan fingerprint density at radius 2 is 1.90 bits per heavy atom. The standard InChI is InChI=1S/C23H24N4O2/c1-15(2)13-28-18-5-4-6-19(12-18)29-21-8-7-17(11-16(21)3)27-23-22-20(9-10-24-22)25-14-26-23/h4-12,14-15,24H,13H2,1-3H3,(H,25,26,27). The molecule has 0 radical (unpaired) electrons. The molecular weight excluding hydrogens is 364 g/mol. The van der Waals surface area contributed by atoms with E-state index in [9.17, 15) is 0 Å². The van der Waals surface area contributed by atoms with E-state index in [0.717, 1.165) is 45.4 Å². The first-order valence-corrected chi connectivity index (χ1v) is 9.65. The molecule has 6 heteroatoms. The summed E-state index contributed by atoms with van der Waals surface area (Å²) in [6.07, 6.45) is 3.41. The third-order valence-electron chi connectivity index (χ3n) is 4.40. The maximum Gasteiger partial charge on any atom is 0.158 e. The third-order valence-corrected chi connectivity index (χ3v) is 4.40. The number of hydrogen-bond donors (Lipinski definition) is 2. The molecule has 0 aliphatic heterocycles. The van der Waals surface area contributed by atoms with E-state index in [1.54, 1.807) is 6.33 Å². The second-order valence-electron chi connectivity index (χ2n) is 7.35. The SMILES string of the molecule is Cc1cc(Nc2ncnc3cc[nH]c23)ccc1Oc1cccc(OCC(C)C)c1. The fourth-order valence-electron chi connectivity index (χ4n) is 2.96. The molecule has 2 heterocycles. The van der Waals surface area contributed by atoms with Crippen LogP contribution in [-0.4, -0.2) is 21.6 Å². The summed E-state index contributed by atoms with van der Waals surface area (Å²) in [5.74, 6) is 3.57. The van der Waals surface area contributed by atoms with Gasteiger partial charge >= 0.3 is 0 Å². The van der Waals surface area contributed by atoms with Gasteiger partial charge in [-0.15, -0.1) is 0 Å². The zero-order valence-electron chi connectivity index (χ0n) is 16.8. The molecule has 6 nitrogen and oxygen atoms in total. The number of benzene rings is 2. The van der Waals surface area contributed by atoms with Crippen LogP contribution in [0.3, 0.4) is 0 Å². The number of hydrogen-bond acceptors (Lipinski definition) is 5. The van der Waals surface area contributed by atoms with Gasteiger partial charge in [0.2, 0.25) is 0 Å². The minimum Gasteiger partial charge on any atom is -0.493 e. The number of ether oxygens (including phenoxy) is 2. The van der Waals surface area contributed by atoms with E-state index in [1.165, 1.54) is 0 Å².